The standard InChI is InChI=1S/C10H8N2O3/c13-9(8-6-11-10(14)12-8)15-7-4-2-1-3-5-7/h1-6H,(H2,11,12,14). The summed E-state index contributed by atoms with van der Waals surface area (Å²) in [6.07, 6.45) is 1.27. The molecule has 0 saturated heterocycles. The first-order valence-corrected chi connectivity index (χ1v) is 4.30. The van der Waals surface area contributed by atoms with E-state index in [1.807, 2.05) is 6.07 Å². The maximum absolute atomic E-state index is 11.4. The molecule has 1 aromatic carbocycles. The van der Waals surface area contributed by atoms with Gasteiger partial charge in [0.2, 0.25) is 0 Å². The Labute approximate surface area is 84.7 Å². The van der Waals surface area contributed by atoms with Crippen molar-refractivity contribution in [3.63, 3.8) is 0 Å². The molecular formula is C10H8N2O3. The number of hydrogen-bond donors (Lipinski definition) is 2. The van der Waals surface area contributed by atoms with Crippen molar-refractivity contribution in [2.45, 2.75) is 0 Å². The molecule has 0 bridgehead atoms. The smallest absolute Gasteiger partial charge is 0.361 e. The van der Waals surface area contributed by atoms with Crippen molar-refractivity contribution in [1.82, 2.24) is 9.97 Å². The summed E-state index contributed by atoms with van der Waals surface area (Å²) >= 11 is 0. The summed E-state index contributed by atoms with van der Waals surface area (Å²) in [5.74, 6) is -0.163. The summed E-state index contributed by atoms with van der Waals surface area (Å²) < 4.78 is 4.98. The quantitative estimate of drug-likeness (QED) is 0.564. The fraction of sp³-hybridized carbons (Fsp3) is 0. The second kappa shape index (κ2) is 3.83. The number of carbonyl (C=O) groups is 1. The SMILES string of the molecule is O=C(Oc1ccccc1)c1c[nH]c(=O)[nH]1. The molecule has 1 aromatic heterocycles. The highest BCUT2D eigenvalue weighted by atomic mass is 16.5. The number of carbonyl (C=O) groups excluding carboxylic acids is 1. The van der Waals surface area contributed by atoms with Crippen LogP contribution < -0.4 is 10.4 Å². The molecule has 76 valence electrons. The van der Waals surface area contributed by atoms with E-state index in [-0.39, 0.29) is 5.69 Å². The molecule has 5 nitrogen and oxygen atoms in total. The van der Waals surface area contributed by atoms with Crippen molar-refractivity contribution < 1.29 is 9.53 Å². The normalized spacial score (nSPS) is 9.87. The van der Waals surface area contributed by atoms with Crippen LogP contribution in [0, 0.1) is 0 Å². The lowest BCUT2D eigenvalue weighted by molar-refractivity contribution is 0.0729. The van der Waals surface area contributed by atoms with Crippen LogP contribution in [0.4, 0.5) is 0 Å². The second-order valence-electron chi connectivity index (χ2n) is 2.86. The number of aromatic nitrogens is 2. The Balaban J connectivity index is 2.14. The summed E-state index contributed by atoms with van der Waals surface area (Å²) in [4.78, 5) is 26.8. The second-order valence-corrected chi connectivity index (χ2v) is 2.86. The lowest BCUT2D eigenvalue weighted by Crippen LogP contribution is -2.11. The first-order chi connectivity index (χ1) is 7.25. The zero-order chi connectivity index (χ0) is 10.7. The summed E-state index contributed by atoms with van der Waals surface area (Å²) in [6, 6.07) is 8.63. The maximum atomic E-state index is 11.4. The van der Waals surface area contributed by atoms with Crippen molar-refractivity contribution in [1.29, 1.82) is 0 Å². The van der Waals surface area contributed by atoms with Crippen molar-refractivity contribution in [2.24, 2.45) is 0 Å². The lowest BCUT2D eigenvalue weighted by atomic mass is 10.3. The van der Waals surface area contributed by atoms with E-state index >= 15 is 0 Å². The molecule has 0 aliphatic carbocycles. The molecule has 0 saturated carbocycles. The third-order valence-electron chi connectivity index (χ3n) is 1.77. The van der Waals surface area contributed by atoms with Gasteiger partial charge in [-0.2, -0.15) is 0 Å². The van der Waals surface area contributed by atoms with Gasteiger partial charge in [-0.3, -0.25) is 0 Å². The number of rotatable bonds is 2. The zero-order valence-electron chi connectivity index (χ0n) is 7.69. The van der Waals surface area contributed by atoms with E-state index < -0.39 is 11.7 Å². The number of para-hydroxylation sites is 1. The zero-order valence-corrected chi connectivity index (χ0v) is 7.69. The first-order valence-electron chi connectivity index (χ1n) is 4.30. The molecule has 0 spiro atoms. The number of ether oxygens (including phenoxy) is 1. The Morgan fingerprint density at radius 2 is 1.93 bits per heavy atom. The maximum Gasteiger partial charge on any atom is 0.361 e. The molecule has 2 rings (SSSR count). The van der Waals surface area contributed by atoms with E-state index in [9.17, 15) is 9.59 Å². The van der Waals surface area contributed by atoms with E-state index in [1.54, 1.807) is 24.3 Å². The van der Waals surface area contributed by atoms with Gasteiger partial charge in [-0.05, 0) is 12.1 Å². The molecule has 2 N–H and O–H groups in total. The third-order valence-corrected chi connectivity index (χ3v) is 1.77. The third kappa shape index (κ3) is 2.14. The minimum Gasteiger partial charge on any atom is -0.422 e. The van der Waals surface area contributed by atoms with Crippen LogP contribution in [0.25, 0.3) is 0 Å². The molecule has 0 atom stereocenters. The largest absolute Gasteiger partial charge is 0.422 e. The van der Waals surface area contributed by atoms with Gasteiger partial charge in [0.1, 0.15) is 11.4 Å². The fourth-order valence-corrected chi connectivity index (χ4v) is 1.09. The minimum atomic E-state index is -0.598. The number of imidazole rings is 1. The number of nitrogens with one attached hydrogen (secondary N) is 2. The summed E-state index contributed by atoms with van der Waals surface area (Å²) in [7, 11) is 0. The molecule has 0 radical (unpaired) electrons. The molecule has 0 fully saturated rings. The number of hydrogen-bond acceptors (Lipinski definition) is 3. The van der Waals surface area contributed by atoms with Gasteiger partial charge >= 0.3 is 11.7 Å². The van der Waals surface area contributed by atoms with Crippen molar-refractivity contribution in [2.75, 3.05) is 0 Å². The molecule has 15 heavy (non-hydrogen) atoms. The van der Waals surface area contributed by atoms with Crippen molar-refractivity contribution in [3.8, 4) is 5.75 Å². The van der Waals surface area contributed by atoms with Gasteiger partial charge in [0.05, 0.1) is 0 Å². The molecule has 0 aliphatic heterocycles. The van der Waals surface area contributed by atoms with Crippen LogP contribution in [0.1, 0.15) is 10.5 Å². The predicted octanol–water partition coefficient (Wildman–Crippen LogP) is 0.922. The minimum absolute atomic E-state index is 0.101. The van der Waals surface area contributed by atoms with E-state index in [2.05, 4.69) is 9.97 Å². The Kier molecular flexibility index (Phi) is 2.37. The summed E-state index contributed by atoms with van der Waals surface area (Å²) in [5, 5.41) is 0. The van der Waals surface area contributed by atoms with E-state index in [1.165, 1.54) is 6.20 Å². The first kappa shape index (κ1) is 9.26. The predicted molar refractivity (Wildman–Crippen MR) is 52.8 cm³/mol. The Morgan fingerprint density at radius 3 is 2.53 bits per heavy atom. The van der Waals surface area contributed by atoms with Crippen LogP contribution in [0.2, 0.25) is 0 Å². The lowest BCUT2D eigenvalue weighted by Gasteiger charge is -2.00. The van der Waals surface area contributed by atoms with Crippen LogP contribution >= 0.6 is 0 Å². The van der Waals surface area contributed by atoms with Crippen molar-refractivity contribution in [3.05, 3.63) is 52.7 Å². The topological polar surface area (TPSA) is 75.0 Å². The van der Waals surface area contributed by atoms with Crippen molar-refractivity contribution >= 4 is 5.97 Å². The Bertz CT molecular complexity index is 513. The van der Waals surface area contributed by atoms with Crippen LogP contribution in [0.3, 0.4) is 0 Å². The van der Waals surface area contributed by atoms with Gasteiger partial charge in [-0.1, -0.05) is 18.2 Å². The number of aromatic amines is 2. The van der Waals surface area contributed by atoms with Crippen LogP contribution in [0.5, 0.6) is 5.75 Å². The van der Waals surface area contributed by atoms with E-state index in [0.717, 1.165) is 0 Å². The highest BCUT2D eigenvalue weighted by Gasteiger charge is 2.09. The Hall–Kier alpha value is -2.30. The Morgan fingerprint density at radius 1 is 1.20 bits per heavy atom. The summed E-state index contributed by atoms with van der Waals surface area (Å²) in [6.45, 7) is 0. The van der Waals surface area contributed by atoms with Gasteiger partial charge in [-0.25, -0.2) is 9.59 Å². The van der Waals surface area contributed by atoms with Gasteiger partial charge < -0.3 is 14.7 Å². The van der Waals surface area contributed by atoms with E-state index in [0.29, 0.717) is 5.75 Å². The molecular weight excluding hydrogens is 196 g/mol. The number of benzene rings is 1. The molecule has 0 unspecified atom stereocenters. The van der Waals surface area contributed by atoms with Crippen LogP contribution in [0.15, 0.2) is 41.3 Å². The highest BCUT2D eigenvalue weighted by molar-refractivity contribution is 5.88. The van der Waals surface area contributed by atoms with E-state index in [4.69, 9.17) is 4.74 Å². The average Bonchev–Trinajstić information content (AvgIpc) is 2.66. The van der Waals surface area contributed by atoms with Gasteiger partial charge in [0.15, 0.2) is 0 Å². The fourth-order valence-electron chi connectivity index (χ4n) is 1.09. The number of H-pyrrole nitrogens is 2. The molecule has 0 amide bonds. The van der Waals surface area contributed by atoms with Gasteiger partial charge in [-0.15, -0.1) is 0 Å². The molecule has 2 aromatic rings. The monoisotopic (exact) mass is 204 g/mol. The van der Waals surface area contributed by atoms with Gasteiger partial charge in [0, 0.05) is 6.20 Å². The number of esters is 1. The van der Waals surface area contributed by atoms with Gasteiger partial charge in [0.25, 0.3) is 0 Å². The van der Waals surface area contributed by atoms with Crippen LogP contribution in [-0.2, 0) is 0 Å². The molecule has 0 aliphatic rings. The highest BCUT2D eigenvalue weighted by Crippen LogP contribution is 2.09. The average molecular weight is 204 g/mol. The molecule has 1 heterocycles. The molecule has 5 heteroatoms. The summed E-state index contributed by atoms with van der Waals surface area (Å²) in [5.41, 5.74) is -0.334. The van der Waals surface area contributed by atoms with Crippen LogP contribution in [-0.4, -0.2) is 15.9 Å².